The van der Waals surface area contributed by atoms with Crippen molar-refractivity contribution in [3.8, 4) is 11.5 Å². The number of aliphatic hydroxyl groups excluding tert-OH is 1. The Bertz CT molecular complexity index is 301. The van der Waals surface area contributed by atoms with Gasteiger partial charge >= 0.3 is 0 Å². The van der Waals surface area contributed by atoms with Gasteiger partial charge in [0.1, 0.15) is 24.1 Å². The SMILES string of the molecule is COc1ccc(OC)c(C(O)C[NH3+])c1. The first-order valence-corrected chi connectivity index (χ1v) is 4.42. The van der Waals surface area contributed by atoms with Crippen molar-refractivity contribution < 1.29 is 20.3 Å². The second-order valence-electron chi connectivity index (χ2n) is 2.91. The van der Waals surface area contributed by atoms with Gasteiger partial charge in [0.15, 0.2) is 0 Å². The molecule has 0 saturated heterocycles. The van der Waals surface area contributed by atoms with Crippen LogP contribution in [0, 0.1) is 0 Å². The molecule has 1 atom stereocenters. The zero-order valence-corrected chi connectivity index (χ0v) is 8.49. The standard InChI is InChI=1S/C10H15NO3/c1-13-7-3-4-10(14-2)8(5-7)9(12)6-11/h3-5,9,12H,6,11H2,1-2H3/p+1. The fourth-order valence-electron chi connectivity index (χ4n) is 1.26. The van der Waals surface area contributed by atoms with Gasteiger partial charge in [0, 0.05) is 5.56 Å². The molecule has 0 aliphatic heterocycles. The van der Waals surface area contributed by atoms with E-state index in [-0.39, 0.29) is 0 Å². The number of ether oxygens (including phenoxy) is 2. The summed E-state index contributed by atoms with van der Waals surface area (Å²) in [5, 5.41) is 9.66. The first-order valence-electron chi connectivity index (χ1n) is 4.42. The van der Waals surface area contributed by atoms with Crippen LogP contribution in [0.5, 0.6) is 11.5 Å². The minimum Gasteiger partial charge on any atom is -0.497 e. The first kappa shape index (κ1) is 10.8. The molecule has 0 fully saturated rings. The molecule has 0 spiro atoms. The van der Waals surface area contributed by atoms with Gasteiger partial charge < -0.3 is 20.3 Å². The van der Waals surface area contributed by atoms with Crippen LogP contribution in [0.1, 0.15) is 11.7 Å². The van der Waals surface area contributed by atoms with Crippen molar-refractivity contribution in [1.82, 2.24) is 0 Å². The topological polar surface area (TPSA) is 66.3 Å². The van der Waals surface area contributed by atoms with E-state index in [1.54, 1.807) is 32.4 Å². The highest BCUT2D eigenvalue weighted by Crippen LogP contribution is 2.28. The average Bonchev–Trinajstić information content (AvgIpc) is 2.27. The maximum atomic E-state index is 9.66. The van der Waals surface area contributed by atoms with Crippen LogP contribution in [0.3, 0.4) is 0 Å². The highest BCUT2D eigenvalue weighted by atomic mass is 16.5. The molecule has 1 aromatic carbocycles. The summed E-state index contributed by atoms with van der Waals surface area (Å²) < 4.78 is 10.2. The van der Waals surface area contributed by atoms with Crippen LogP contribution < -0.4 is 15.2 Å². The van der Waals surface area contributed by atoms with Crippen LogP contribution in [0.15, 0.2) is 18.2 Å². The Morgan fingerprint density at radius 3 is 2.57 bits per heavy atom. The van der Waals surface area contributed by atoms with Crippen molar-refractivity contribution >= 4 is 0 Å². The van der Waals surface area contributed by atoms with E-state index in [1.807, 2.05) is 0 Å². The number of hydrogen-bond acceptors (Lipinski definition) is 3. The molecule has 4 heteroatoms. The maximum Gasteiger partial charge on any atom is 0.131 e. The van der Waals surface area contributed by atoms with E-state index in [1.165, 1.54) is 0 Å². The summed E-state index contributed by atoms with van der Waals surface area (Å²) in [7, 11) is 3.16. The van der Waals surface area contributed by atoms with E-state index in [0.717, 1.165) is 0 Å². The molecule has 4 N–H and O–H groups in total. The van der Waals surface area contributed by atoms with Gasteiger partial charge in [0.05, 0.1) is 14.2 Å². The number of benzene rings is 1. The van der Waals surface area contributed by atoms with Crippen molar-refractivity contribution in [1.29, 1.82) is 0 Å². The second kappa shape index (κ2) is 4.83. The lowest BCUT2D eigenvalue weighted by Gasteiger charge is -2.12. The van der Waals surface area contributed by atoms with E-state index in [4.69, 9.17) is 9.47 Å². The Morgan fingerprint density at radius 1 is 1.36 bits per heavy atom. The largest absolute Gasteiger partial charge is 0.497 e. The Hall–Kier alpha value is -1.26. The zero-order valence-electron chi connectivity index (χ0n) is 8.49. The molecule has 0 amide bonds. The van der Waals surface area contributed by atoms with Crippen LogP contribution in [0.25, 0.3) is 0 Å². The zero-order chi connectivity index (χ0) is 10.6. The molecule has 0 aromatic heterocycles. The number of quaternary nitrogens is 1. The molecule has 0 aliphatic rings. The van der Waals surface area contributed by atoms with E-state index >= 15 is 0 Å². The monoisotopic (exact) mass is 198 g/mol. The highest BCUT2D eigenvalue weighted by molar-refractivity contribution is 5.41. The van der Waals surface area contributed by atoms with Crippen LogP contribution >= 0.6 is 0 Å². The Balaban J connectivity index is 3.08. The van der Waals surface area contributed by atoms with Gasteiger partial charge in [-0.25, -0.2) is 0 Å². The highest BCUT2D eigenvalue weighted by Gasteiger charge is 2.14. The fraction of sp³-hybridized carbons (Fsp3) is 0.400. The molecule has 0 heterocycles. The Morgan fingerprint density at radius 2 is 2.07 bits per heavy atom. The molecule has 0 saturated carbocycles. The quantitative estimate of drug-likeness (QED) is 0.714. The molecule has 4 nitrogen and oxygen atoms in total. The lowest BCUT2D eigenvalue weighted by Crippen LogP contribution is -2.52. The van der Waals surface area contributed by atoms with Crippen molar-refractivity contribution in [3.05, 3.63) is 23.8 Å². The number of rotatable bonds is 4. The molecule has 0 aliphatic carbocycles. The molecule has 1 rings (SSSR count). The van der Waals surface area contributed by atoms with E-state index in [2.05, 4.69) is 5.73 Å². The molecular weight excluding hydrogens is 182 g/mol. The van der Waals surface area contributed by atoms with Crippen LogP contribution in [-0.2, 0) is 0 Å². The average molecular weight is 198 g/mol. The smallest absolute Gasteiger partial charge is 0.131 e. The summed E-state index contributed by atoms with van der Waals surface area (Å²) in [6.07, 6.45) is -0.611. The minimum absolute atomic E-state index is 0.406. The van der Waals surface area contributed by atoms with Gasteiger partial charge in [-0.05, 0) is 18.2 Å². The van der Waals surface area contributed by atoms with Crippen molar-refractivity contribution in [2.75, 3.05) is 20.8 Å². The summed E-state index contributed by atoms with van der Waals surface area (Å²) in [6.45, 7) is 0.406. The number of methoxy groups -OCH3 is 2. The van der Waals surface area contributed by atoms with Crippen LogP contribution in [0.4, 0.5) is 0 Å². The normalized spacial score (nSPS) is 12.3. The van der Waals surface area contributed by atoms with Gasteiger partial charge in [0.2, 0.25) is 0 Å². The van der Waals surface area contributed by atoms with Gasteiger partial charge in [-0.2, -0.15) is 0 Å². The number of hydrogen-bond donors (Lipinski definition) is 2. The third kappa shape index (κ3) is 2.16. The summed E-state index contributed by atoms with van der Waals surface area (Å²) in [5.74, 6) is 1.36. The molecule has 0 bridgehead atoms. The van der Waals surface area contributed by atoms with Gasteiger partial charge in [0.25, 0.3) is 0 Å². The molecule has 1 unspecified atom stereocenters. The Kier molecular flexibility index (Phi) is 3.73. The fourth-order valence-corrected chi connectivity index (χ4v) is 1.26. The van der Waals surface area contributed by atoms with Gasteiger partial charge in [-0.15, -0.1) is 0 Å². The van der Waals surface area contributed by atoms with Crippen molar-refractivity contribution in [3.63, 3.8) is 0 Å². The molecule has 0 radical (unpaired) electrons. The van der Waals surface area contributed by atoms with E-state index in [0.29, 0.717) is 23.6 Å². The number of aliphatic hydroxyl groups is 1. The predicted molar refractivity (Wildman–Crippen MR) is 52.3 cm³/mol. The summed E-state index contributed by atoms with van der Waals surface area (Å²) in [5.41, 5.74) is 4.36. The van der Waals surface area contributed by atoms with Gasteiger partial charge in [-0.1, -0.05) is 0 Å². The second-order valence-corrected chi connectivity index (χ2v) is 2.91. The Labute approximate surface area is 83.3 Å². The van der Waals surface area contributed by atoms with Crippen molar-refractivity contribution in [2.45, 2.75) is 6.10 Å². The van der Waals surface area contributed by atoms with Crippen LogP contribution in [0.2, 0.25) is 0 Å². The summed E-state index contributed by atoms with van der Waals surface area (Å²) in [4.78, 5) is 0. The van der Waals surface area contributed by atoms with E-state index < -0.39 is 6.10 Å². The lowest BCUT2D eigenvalue weighted by atomic mass is 10.1. The maximum absolute atomic E-state index is 9.66. The third-order valence-corrected chi connectivity index (χ3v) is 2.07. The van der Waals surface area contributed by atoms with Crippen molar-refractivity contribution in [2.24, 2.45) is 0 Å². The van der Waals surface area contributed by atoms with Gasteiger partial charge in [-0.3, -0.25) is 0 Å². The molecular formula is C10H16NO3+. The first-order chi connectivity index (χ1) is 6.72. The van der Waals surface area contributed by atoms with Crippen LogP contribution in [-0.4, -0.2) is 25.9 Å². The minimum atomic E-state index is -0.611. The predicted octanol–water partition coefficient (Wildman–Crippen LogP) is -0.0209. The summed E-state index contributed by atoms with van der Waals surface area (Å²) >= 11 is 0. The summed E-state index contributed by atoms with van der Waals surface area (Å²) in [6, 6.07) is 5.32. The van der Waals surface area contributed by atoms with E-state index in [9.17, 15) is 5.11 Å². The third-order valence-electron chi connectivity index (χ3n) is 2.07. The molecule has 14 heavy (non-hydrogen) atoms. The molecule has 78 valence electrons. The lowest BCUT2D eigenvalue weighted by molar-refractivity contribution is -0.385. The molecule has 1 aromatic rings.